The molecule has 246 valence electrons. The van der Waals surface area contributed by atoms with Gasteiger partial charge in [0, 0.05) is 38.8 Å². The highest BCUT2D eigenvalue weighted by molar-refractivity contribution is 5.92. The molecule has 1 atom stereocenters. The van der Waals surface area contributed by atoms with E-state index in [9.17, 15) is 18.7 Å². The molecule has 1 heterocycles. The summed E-state index contributed by atoms with van der Waals surface area (Å²) in [5.41, 5.74) is 4.62. The van der Waals surface area contributed by atoms with Gasteiger partial charge in [-0.1, -0.05) is 62.4 Å². The SMILES string of the molecule is C=C.C=NC(C(=O)N(CC(C)C)CC(O)CN1CCC(N(N)C/C=C\C=C/CN)CC1)(c1ccc(F)cc1)c1ccc(F)cc1. The smallest absolute Gasteiger partial charge is 0.259 e. The summed E-state index contributed by atoms with van der Waals surface area (Å²) < 4.78 is 27.8. The van der Waals surface area contributed by atoms with E-state index in [-0.39, 0.29) is 18.5 Å². The average Bonchev–Trinajstić information content (AvgIpc) is 3.03. The predicted octanol–water partition coefficient (Wildman–Crippen LogP) is 4.27. The lowest BCUT2D eigenvalue weighted by Crippen LogP contribution is -2.53. The fourth-order valence-corrected chi connectivity index (χ4v) is 5.57. The second-order valence-electron chi connectivity index (χ2n) is 11.5. The number of aliphatic hydroxyl groups excluding tert-OH is 1. The summed E-state index contributed by atoms with van der Waals surface area (Å²) in [5.74, 6) is 5.04. The van der Waals surface area contributed by atoms with Crippen LogP contribution in [-0.4, -0.2) is 90.5 Å². The van der Waals surface area contributed by atoms with Gasteiger partial charge in [0.05, 0.1) is 6.10 Å². The summed E-state index contributed by atoms with van der Waals surface area (Å²) in [6.45, 7) is 17.2. The van der Waals surface area contributed by atoms with Crippen molar-refractivity contribution in [2.75, 3.05) is 45.8 Å². The Morgan fingerprint density at radius 1 is 1.02 bits per heavy atom. The number of carbonyl (C=O) groups is 1. The number of β-amino-alcohol motifs (C(OH)–C–C–N with tert-alkyl or cyclic N) is 1. The molecular weight excluding hydrogens is 574 g/mol. The molecule has 2 aromatic rings. The van der Waals surface area contributed by atoms with E-state index >= 15 is 0 Å². The van der Waals surface area contributed by atoms with Crippen molar-refractivity contribution in [1.82, 2.24) is 14.8 Å². The van der Waals surface area contributed by atoms with Gasteiger partial charge in [0.1, 0.15) is 11.6 Å². The van der Waals surface area contributed by atoms with Gasteiger partial charge in [-0.05, 0) is 74.0 Å². The molecule has 0 bridgehead atoms. The zero-order chi connectivity index (χ0) is 33.4. The van der Waals surface area contributed by atoms with Crippen LogP contribution in [0.4, 0.5) is 8.78 Å². The van der Waals surface area contributed by atoms with E-state index in [1.807, 2.05) is 43.2 Å². The molecular formula is C35H50F2N6O2. The predicted molar refractivity (Wildman–Crippen MR) is 179 cm³/mol. The fourth-order valence-electron chi connectivity index (χ4n) is 5.57. The number of halogens is 2. The van der Waals surface area contributed by atoms with E-state index in [2.05, 4.69) is 29.8 Å². The average molecular weight is 625 g/mol. The van der Waals surface area contributed by atoms with Gasteiger partial charge in [-0.15, -0.1) is 13.2 Å². The lowest BCUT2D eigenvalue weighted by Gasteiger charge is -2.39. The maximum absolute atomic E-state index is 14.4. The number of aliphatic hydroxyl groups is 1. The quantitative estimate of drug-likeness (QED) is 0.0898. The number of benzene rings is 2. The number of hydrogen-bond acceptors (Lipinski definition) is 7. The summed E-state index contributed by atoms with van der Waals surface area (Å²) in [7, 11) is 0. The van der Waals surface area contributed by atoms with Gasteiger partial charge < -0.3 is 20.6 Å². The number of carbonyl (C=O) groups excluding carboxylic acids is 1. The van der Waals surface area contributed by atoms with Gasteiger partial charge in [0.15, 0.2) is 5.54 Å². The standard InChI is InChI=1S/C33H46F2N6O2.C2H4/c1-25(2)22-40(24-31(42)23-39-20-16-30(17-21-39)41(37)19-7-5-4-6-18-36)32(43)33(38-3,26-8-12-28(34)13-9-26)27-10-14-29(35)15-11-27;1-2/h4-15,25,30-31,42H,3,16-24,36-37H2,1-2H3;1-2H2/b6-4-,7-5-;. The van der Waals surface area contributed by atoms with E-state index in [0.717, 1.165) is 25.9 Å². The molecule has 1 aliphatic heterocycles. The Bertz CT molecular complexity index is 1180. The summed E-state index contributed by atoms with van der Waals surface area (Å²) >= 11 is 0. The van der Waals surface area contributed by atoms with Crippen LogP contribution in [0.1, 0.15) is 37.8 Å². The number of likely N-dealkylation sites (tertiary alicyclic amines) is 1. The molecule has 1 fully saturated rings. The normalized spacial score (nSPS) is 15.4. The number of rotatable bonds is 15. The number of nitrogens with zero attached hydrogens (tertiary/aromatic N) is 4. The van der Waals surface area contributed by atoms with Crippen LogP contribution in [0.3, 0.4) is 0 Å². The molecule has 2 aromatic carbocycles. The van der Waals surface area contributed by atoms with E-state index in [1.54, 1.807) is 4.90 Å². The summed E-state index contributed by atoms with van der Waals surface area (Å²) in [5, 5.41) is 13.1. The Labute approximate surface area is 267 Å². The second-order valence-corrected chi connectivity index (χ2v) is 11.5. The van der Waals surface area contributed by atoms with Crippen LogP contribution in [0, 0.1) is 17.6 Å². The van der Waals surface area contributed by atoms with Crippen LogP contribution >= 0.6 is 0 Å². The van der Waals surface area contributed by atoms with Gasteiger partial charge in [-0.2, -0.15) is 0 Å². The number of aliphatic imine (C=N–C) groups is 1. The molecule has 0 radical (unpaired) electrons. The molecule has 5 N–H and O–H groups in total. The van der Waals surface area contributed by atoms with Gasteiger partial charge in [0.25, 0.3) is 5.91 Å². The summed E-state index contributed by atoms with van der Waals surface area (Å²) in [6, 6.07) is 11.2. The molecule has 0 spiro atoms. The van der Waals surface area contributed by atoms with Crippen LogP contribution in [0.15, 0.2) is 91.0 Å². The van der Waals surface area contributed by atoms with E-state index in [4.69, 9.17) is 11.6 Å². The minimum absolute atomic E-state index is 0.0702. The molecule has 0 saturated carbocycles. The van der Waals surface area contributed by atoms with Crippen molar-refractivity contribution in [3.05, 3.63) is 109 Å². The van der Waals surface area contributed by atoms with E-state index in [1.165, 1.54) is 48.5 Å². The minimum atomic E-state index is -1.65. The lowest BCUT2D eigenvalue weighted by molar-refractivity contribution is -0.138. The highest BCUT2D eigenvalue weighted by Gasteiger charge is 2.44. The van der Waals surface area contributed by atoms with Crippen molar-refractivity contribution < 1.29 is 18.7 Å². The largest absolute Gasteiger partial charge is 0.390 e. The Kier molecular flexibility index (Phi) is 16.0. The number of hydrazine groups is 1. The topological polar surface area (TPSA) is 111 Å². The van der Waals surface area contributed by atoms with Gasteiger partial charge >= 0.3 is 0 Å². The number of hydrogen-bond donors (Lipinski definition) is 3. The van der Waals surface area contributed by atoms with Gasteiger partial charge in [-0.25, -0.2) is 13.8 Å². The Hall–Kier alpha value is -3.54. The zero-order valence-corrected chi connectivity index (χ0v) is 26.7. The number of amides is 1. The first-order valence-electron chi connectivity index (χ1n) is 15.3. The Balaban J connectivity index is 0.00000345. The minimum Gasteiger partial charge on any atom is -0.390 e. The fraction of sp³-hybridized carbons (Fsp3) is 0.429. The molecule has 8 nitrogen and oxygen atoms in total. The van der Waals surface area contributed by atoms with Crippen molar-refractivity contribution in [2.24, 2.45) is 22.5 Å². The maximum Gasteiger partial charge on any atom is 0.259 e. The molecule has 1 aliphatic rings. The van der Waals surface area contributed by atoms with Crippen molar-refractivity contribution in [3.8, 4) is 0 Å². The van der Waals surface area contributed by atoms with Crippen molar-refractivity contribution in [2.45, 2.75) is 44.4 Å². The first kappa shape index (κ1) is 37.6. The zero-order valence-electron chi connectivity index (χ0n) is 26.7. The van der Waals surface area contributed by atoms with Crippen molar-refractivity contribution in [1.29, 1.82) is 0 Å². The molecule has 10 heteroatoms. The molecule has 1 saturated heterocycles. The Morgan fingerprint density at radius 2 is 1.53 bits per heavy atom. The van der Waals surface area contributed by atoms with Gasteiger partial charge in [0.2, 0.25) is 0 Å². The van der Waals surface area contributed by atoms with Crippen LogP contribution in [-0.2, 0) is 10.3 Å². The third kappa shape index (κ3) is 10.8. The molecule has 0 aliphatic carbocycles. The number of piperidine rings is 1. The van der Waals surface area contributed by atoms with Gasteiger partial charge in [-0.3, -0.25) is 15.6 Å². The Morgan fingerprint density at radius 3 is 2.00 bits per heavy atom. The third-order valence-corrected chi connectivity index (χ3v) is 7.71. The summed E-state index contributed by atoms with van der Waals surface area (Å²) in [6.07, 6.45) is 8.61. The van der Waals surface area contributed by atoms with Crippen LogP contribution in [0.5, 0.6) is 0 Å². The summed E-state index contributed by atoms with van der Waals surface area (Å²) in [4.78, 5) is 22.5. The number of nitrogens with two attached hydrogens (primary N) is 2. The van der Waals surface area contributed by atoms with Crippen LogP contribution < -0.4 is 11.6 Å². The molecule has 3 rings (SSSR count). The third-order valence-electron chi connectivity index (χ3n) is 7.71. The van der Waals surface area contributed by atoms with E-state index < -0.39 is 29.2 Å². The lowest BCUT2D eigenvalue weighted by atomic mass is 9.81. The highest BCUT2D eigenvalue weighted by Crippen LogP contribution is 2.36. The van der Waals surface area contributed by atoms with Crippen LogP contribution in [0.25, 0.3) is 0 Å². The molecule has 1 unspecified atom stereocenters. The monoisotopic (exact) mass is 624 g/mol. The van der Waals surface area contributed by atoms with E-state index in [0.29, 0.717) is 37.3 Å². The van der Waals surface area contributed by atoms with Crippen molar-refractivity contribution >= 4 is 12.6 Å². The van der Waals surface area contributed by atoms with Crippen LogP contribution in [0.2, 0.25) is 0 Å². The highest BCUT2D eigenvalue weighted by atomic mass is 19.1. The first-order valence-corrected chi connectivity index (χ1v) is 15.3. The second kappa shape index (κ2) is 19.1. The number of allylic oxidation sites excluding steroid dienone is 2. The first-order chi connectivity index (χ1) is 21.6. The molecule has 0 aromatic heterocycles. The maximum atomic E-state index is 14.4. The molecule has 45 heavy (non-hydrogen) atoms. The van der Waals surface area contributed by atoms with Crippen molar-refractivity contribution in [3.63, 3.8) is 0 Å². The molecule has 1 amide bonds.